The molecule has 2 fully saturated rings. The highest BCUT2D eigenvalue weighted by Gasteiger charge is 2.31. The predicted octanol–water partition coefficient (Wildman–Crippen LogP) is -0.675. The molecular weight excluding hydrogens is 200 g/mol. The zero-order valence-corrected chi connectivity index (χ0v) is 9.39. The van der Waals surface area contributed by atoms with Gasteiger partial charge in [-0.15, -0.1) is 0 Å². The maximum Gasteiger partial charge on any atom is 0.150 e. The molecule has 2 aliphatic rings. The van der Waals surface area contributed by atoms with Crippen LogP contribution in [-0.2, 0) is 9.84 Å². The summed E-state index contributed by atoms with van der Waals surface area (Å²) in [7, 11) is -0.604. The molecule has 1 N–H and O–H groups in total. The van der Waals surface area contributed by atoms with Crippen LogP contribution in [0.3, 0.4) is 0 Å². The Balaban J connectivity index is 1.80. The van der Waals surface area contributed by atoms with Gasteiger partial charge >= 0.3 is 0 Å². The molecule has 4 nitrogen and oxygen atoms in total. The third kappa shape index (κ3) is 2.27. The van der Waals surface area contributed by atoms with Crippen molar-refractivity contribution in [2.75, 3.05) is 38.2 Å². The Morgan fingerprint density at radius 3 is 2.57 bits per heavy atom. The van der Waals surface area contributed by atoms with Crippen LogP contribution in [-0.4, -0.2) is 57.5 Å². The first kappa shape index (κ1) is 10.4. The maximum atomic E-state index is 11.2. The lowest BCUT2D eigenvalue weighted by Crippen LogP contribution is -2.56. The molecule has 0 aromatic rings. The normalized spacial score (nSPS) is 32.0. The van der Waals surface area contributed by atoms with Gasteiger partial charge in [-0.1, -0.05) is 0 Å². The molecule has 2 rings (SSSR count). The molecular formula is C9H18N2O2S. The highest BCUT2D eigenvalue weighted by Crippen LogP contribution is 2.20. The van der Waals surface area contributed by atoms with Crippen LogP contribution < -0.4 is 5.32 Å². The third-order valence-electron chi connectivity index (χ3n) is 3.26. The van der Waals surface area contributed by atoms with Crippen LogP contribution in [0.1, 0.15) is 6.42 Å². The summed E-state index contributed by atoms with van der Waals surface area (Å²) in [6, 6.07) is 0.623. The Labute approximate surface area is 85.6 Å². The predicted molar refractivity (Wildman–Crippen MR) is 56.0 cm³/mol. The maximum absolute atomic E-state index is 11.2. The van der Waals surface area contributed by atoms with Gasteiger partial charge in [0.15, 0.2) is 9.84 Å². The summed E-state index contributed by atoms with van der Waals surface area (Å²) in [6.45, 7) is 3.04. The minimum Gasteiger partial charge on any atom is -0.314 e. The van der Waals surface area contributed by atoms with E-state index in [1.165, 1.54) is 0 Å². The van der Waals surface area contributed by atoms with E-state index >= 15 is 0 Å². The van der Waals surface area contributed by atoms with Gasteiger partial charge in [0.25, 0.3) is 0 Å². The van der Waals surface area contributed by atoms with Crippen molar-refractivity contribution in [3.63, 3.8) is 0 Å². The molecule has 0 radical (unpaired) electrons. The second-order valence-electron chi connectivity index (χ2n) is 4.52. The van der Waals surface area contributed by atoms with Crippen LogP contribution in [0.5, 0.6) is 0 Å². The quantitative estimate of drug-likeness (QED) is 0.682. The minimum atomic E-state index is -2.70. The van der Waals surface area contributed by atoms with Gasteiger partial charge in [-0.25, -0.2) is 8.42 Å². The molecule has 0 spiro atoms. The van der Waals surface area contributed by atoms with E-state index in [0.717, 1.165) is 26.1 Å². The van der Waals surface area contributed by atoms with Crippen molar-refractivity contribution in [1.82, 2.24) is 10.2 Å². The number of likely N-dealkylation sites (N-methyl/N-ethyl adjacent to an activating group) is 1. The zero-order chi connectivity index (χ0) is 10.2. The van der Waals surface area contributed by atoms with E-state index in [2.05, 4.69) is 17.3 Å². The summed E-state index contributed by atoms with van der Waals surface area (Å²) in [5.41, 5.74) is 0. The smallest absolute Gasteiger partial charge is 0.150 e. The van der Waals surface area contributed by atoms with E-state index in [1.807, 2.05) is 0 Å². The van der Waals surface area contributed by atoms with E-state index in [4.69, 9.17) is 0 Å². The van der Waals surface area contributed by atoms with Crippen molar-refractivity contribution >= 4 is 9.84 Å². The molecule has 1 unspecified atom stereocenters. The van der Waals surface area contributed by atoms with Gasteiger partial charge in [0.05, 0.1) is 11.5 Å². The monoisotopic (exact) mass is 218 g/mol. The van der Waals surface area contributed by atoms with Crippen molar-refractivity contribution in [2.24, 2.45) is 5.92 Å². The van der Waals surface area contributed by atoms with Crippen LogP contribution in [0.4, 0.5) is 0 Å². The Kier molecular flexibility index (Phi) is 2.81. The van der Waals surface area contributed by atoms with Gasteiger partial charge in [-0.3, -0.25) is 0 Å². The van der Waals surface area contributed by atoms with Crippen LogP contribution in [0.25, 0.3) is 0 Å². The average Bonchev–Trinajstić information content (AvgIpc) is 2.25. The van der Waals surface area contributed by atoms with Crippen molar-refractivity contribution in [1.29, 1.82) is 0 Å². The Morgan fingerprint density at radius 1 is 1.43 bits per heavy atom. The molecule has 0 bridgehead atoms. The lowest BCUT2D eigenvalue weighted by Gasteiger charge is -2.36. The highest BCUT2D eigenvalue weighted by atomic mass is 32.2. The van der Waals surface area contributed by atoms with E-state index in [9.17, 15) is 8.42 Å². The van der Waals surface area contributed by atoms with E-state index in [-0.39, 0.29) is 0 Å². The largest absolute Gasteiger partial charge is 0.314 e. The SMILES string of the molecule is CN(CC1CCS(=O)(=O)C1)C1CNC1. The van der Waals surface area contributed by atoms with Gasteiger partial charge in [-0.2, -0.15) is 0 Å². The molecule has 0 aromatic heterocycles. The highest BCUT2D eigenvalue weighted by molar-refractivity contribution is 7.91. The van der Waals surface area contributed by atoms with Crippen molar-refractivity contribution in [2.45, 2.75) is 12.5 Å². The first-order valence-corrected chi connectivity index (χ1v) is 7.00. The van der Waals surface area contributed by atoms with Crippen LogP contribution >= 0.6 is 0 Å². The summed E-state index contributed by atoms with van der Waals surface area (Å²) in [4.78, 5) is 2.29. The van der Waals surface area contributed by atoms with Gasteiger partial charge in [0, 0.05) is 25.7 Å². The molecule has 0 amide bonds. The average molecular weight is 218 g/mol. The molecule has 2 aliphatic heterocycles. The molecule has 0 saturated carbocycles. The standard InChI is InChI=1S/C9H18N2O2S/c1-11(9-4-10-5-9)6-8-2-3-14(12,13)7-8/h8-10H,2-7H2,1H3. The molecule has 0 aromatic carbocycles. The topological polar surface area (TPSA) is 49.4 Å². The number of nitrogens with zero attached hydrogens (tertiary/aromatic N) is 1. The third-order valence-corrected chi connectivity index (χ3v) is 5.09. The number of sulfone groups is 1. The van der Waals surface area contributed by atoms with E-state index in [0.29, 0.717) is 23.5 Å². The van der Waals surface area contributed by atoms with E-state index < -0.39 is 9.84 Å². The van der Waals surface area contributed by atoms with Crippen molar-refractivity contribution < 1.29 is 8.42 Å². The van der Waals surface area contributed by atoms with E-state index in [1.54, 1.807) is 0 Å². The molecule has 5 heteroatoms. The lowest BCUT2D eigenvalue weighted by atomic mass is 10.1. The number of hydrogen-bond donors (Lipinski definition) is 1. The van der Waals surface area contributed by atoms with Crippen LogP contribution in [0, 0.1) is 5.92 Å². The number of hydrogen-bond acceptors (Lipinski definition) is 4. The Hall–Kier alpha value is -0.130. The molecule has 2 heterocycles. The van der Waals surface area contributed by atoms with Gasteiger partial charge in [-0.05, 0) is 19.4 Å². The van der Waals surface area contributed by atoms with Crippen LogP contribution in [0.2, 0.25) is 0 Å². The molecule has 1 atom stereocenters. The first-order chi connectivity index (χ1) is 6.57. The Bertz CT molecular complexity index is 298. The fourth-order valence-corrected chi connectivity index (χ4v) is 4.01. The number of nitrogens with one attached hydrogen (secondary N) is 1. The second kappa shape index (κ2) is 3.79. The van der Waals surface area contributed by atoms with Gasteiger partial charge in [0.1, 0.15) is 0 Å². The lowest BCUT2D eigenvalue weighted by molar-refractivity contribution is 0.161. The zero-order valence-electron chi connectivity index (χ0n) is 8.57. The first-order valence-electron chi connectivity index (χ1n) is 5.18. The molecule has 82 valence electrons. The van der Waals surface area contributed by atoms with Crippen molar-refractivity contribution in [3.05, 3.63) is 0 Å². The van der Waals surface area contributed by atoms with Crippen molar-refractivity contribution in [3.8, 4) is 0 Å². The Morgan fingerprint density at radius 2 is 2.14 bits per heavy atom. The fourth-order valence-electron chi connectivity index (χ4n) is 2.16. The second-order valence-corrected chi connectivity index (χ2v) is 6.75. The summed E-state index contributed by atoms with van der Waals surface area (Å²) in [6.07, 6.45) is 0.854. The summed E-state index contributed by atoms with van der Waals surface area (Å²) >= 11 is 0. The summed E-state index contributed by atoms with van der Waals surface area (Å²) in [5, 5.41) is 3.22. The summed E-state index contributed by atoms with van der Waals surface area (Å²) in [5.74, 6) is 1.16. The molecule has 2 saturated heterocycles. The van der Waals surface area contributed by atoms with Gasteiger partial charge < -0.3 is 10.2 Å². The minimum absolute atomic E-state index is 0.366. The van der Waals surface area contributed by atoms with Gasteiger partial charge in [0.2, 0.25) is 0 Å². The summed E-state index contributed by atoms with van der Waals surface area (Å²) < 4.78 is 22.5. The molecule has 0 aliphatic carbocycles. The number of rotatable bonds is 3. The molecule has 14 heavy (non-hydrogen) atoms. The fraction of sp³-hybridized carbons (Fsp3) is 1.00. The van der Waals surface area contributed by atoms with Crippen LogP contribution in [0.15, 0.2) is 0 Å².